The van der Waals surface area contributed by atoms with Gasteiger partial charge in [-0.2, -0.15) is 0 Å². The van der Waals surface area contributed by atoms with Crippen molar-refractivity contribution in [1.82, 2.24) is 19.1 Å². The number of rotatable bonds is 7. The number of nitrogens with one attached hydrogen (secondary N) is 1. The second kappa shape index (κ2) is 9.53. The number of ether oxygens (including phenoxy) is 2. The van der Waals surface area contributed by atoms with Crippen LogP contribution in [0.1, 0.15) is 10.4 Å². The van der Waals surface area contributed by atoms with E-state index in [-0.39, 0.29) is 12.5 Å². The Bertz CT molecular complexity index is 1340. The fraction of sp³-hybridized carbons (Fsp3) is 0.130. The highest BCUT2D eigenvalue weighted by Crippen LogP contribution is 2.23. The number of nitrogens with zero attached hydrogens (tertiary/aromatic N) is 4. The Morgan fingerprint density at radius 1 is 1.03 bits per heavy atom. The van der Waals surface area contributed by atoms with Crippen molar-refractivity contribution in [3.05, 3.63) is 83.4 Å². The summed E-state index contributed by atoms with van der Waals surface area (Å²) in [5.74, 6) is 0.483. The van der Waals surface area contributed by atoms with Crippen LogP contribution in [0.2, 0.25) is 0 Å². The summed E-state index contributed by atoms with van der Waals surface area (Å²) in [4.78, 5) is 24.3. The van der Waals surface area contributed by atoms with Crippen LogP contribution in [0.25, 0.3) is 11.4 Å². The average molecular weight is 464 g/mol. The third-order valence-corrected chi connectivity index (χ3v) is 5.23. The molecule has 0 aliphatic rings. The maximum atomic E-state index is 12.7. The Labute approximate surface area is 194 Å². The summed E-state index contributed by atoms with van der Waals surface area (Å²) in [5.41, 5.74) is 1.72. The van der Waals surface area contributed by atoms with E-state index in [9.17, 15) is 9.59 Å². The summed E-state index contributed by atoms with van der Waals surface area (Å²) in [5, 5.41) is 7.41. The molecular formula is C23H21N5O4S. The third kappa shape index (κ3) is 4.70. The molecule has 10 heteroatoms. The topological polar surface area (TPSA) is 92.3 Å². The smallest absolute Gasteiger partial charge is 0.337 e. The Hall–Kier alpha value is -4.18. The fourth-order valence-corrected chi connectivity index (χ4v) is 3.54. The van der Waals surface area contributed by atoms with E-state index >= 15 is 0 Å². The molecule has 0 fully saturated rings. The van der Waals surface area contributed by atoms with Gasteiger partial charge in [0.15, 0.2) is 5.82 Å². The van der Waals surface area contributed by atoms with Crippen molar-refractivity contribution in [1.29, 1.82) is 0 Å². The lowest BCUT2D eigenvalue weighted by Gasteiger charge is -2.08. The number of aromatic nitrogens is 4. The summed E-state index contributed by atoms with van der Waals surface area (Å²) in [6.07, 6.45) is 3.68. The first-order valence-corrected chi connectivity index (χ1v) is 10.4. The lowest BCUT2D eigenvalue weighted by atomic mass is 10.2. The molecule has 0 radical (unpaired) electrons. The molecule has 1 N–H and O–H groups in total. The largest absolute Gasteiger partial charge is 0.497 e. The molecule has 0 saturated carbocycles. The number of methoxy groups -OCH3 is 2. The molecule has 0 spiro atoms. The molecule has 168 valence electrons. The fourth-order valence-electron chi connectivity index (χ4n) is 3.26. The third-order valence-electron chi connectivity index (χ3n) is 4.85. The minimum Gasteiger partial charge on any atom is -0.497 e. The summed E-state index contributed by atoms with van der Waals surface area (Å²) >= 11 is 5.64. The van der Waals surface area contributed by atoms with Gasteiger partial charge in [-0.3, -0.25) is 9.47 Å². The van der Waals surface area contributed by atoms with E-state index in [4.69, 9.17) is 17.0 Å². The van der Waals surface area contributed by atoms with Gasteiger partial charge in [0.05, 0.1) is 19.8 Å². The van der Waals surface area contributed by atoms with E-state index in [1.807, 2.05) is 48.8 Å². The maximum Gasteiger partial charge on any atom is 0.337 e. The molecule has 0 atom stereocenters. The van der Waals surface area contributed by atoms with Crippen LogP contribution in [-0.2, 0) is 16.1 Å². The average Bonchev–Trinajstić information content (AvgIpc) is 3.47. The number of carbonyl (C=O) groups is 2. The summed E-state index contributed by atoms with van der Waals surface area (Å²) < 4.78 is 15.4. The Kier molecular flexibility index (Phi) is 6.36. The first-order chi connectivity index (χ1) is 16.0. The molecule has 0 unspecified atom stereocenters. The highest BCUT2D eigenvalue weighted by atomic mass is 32.1. The molecule has 4 rings (SSSR count). The van der Waals surface area contributed by atoms with Crippen LogP contribution in [0, 0.1) is 4.77 Å². The number of anilines is 1. The molecule has 4 aromatic rings. The van der Waals surface area contributed by atoms with E-state index in [0.717, 1.165) is 5.56 Å². The number of amides is 1. The van der Waals surface area contributed by atoms with Gasteiger partial charge in [0.2, 0.25) is 10.7 Å². The molecule has 0 bridgehead atoms. The van der Waals surface area contributed by atoms with Gasteiger partial charge >= 0.3 is 5.97 Å². The highest BCUT2D eigenvalue weighted by Gasteiger charge is 2.17. The molecule has 9 nitrogen and oxygen atoms in total. The minimum absolute atomic E-state index is 0.0944. The lowest BCUT2D eigenvalue weighted by molar-refractivity contribution is -0.116. The van der Waals surface area contributed by atoms with Gasteiger partial charge in [-0.1, -0.05) is 12.1 Å². The number of esters is 1. The van der Waals surface area contributed by atoms with Crippen molar-refractivity contribution in [3.8, 4) is 17.1 Å². The van der Waals surface area contributed by atoms with Gasteiger partial charge in [0.1, 0.15) is 12.3 Å². The quantitative estimate of drug-likeness (QED) is 0.332. The van der Waals surface area contributed by atoms with Crippen LogP contribution in [0.15, 0.2) is 73.1 Å². The molecular weight excluding hydrogens is 442 g/mol. The Balaban J connectivity index is 1.62. The SMILES string of the molecule is COC(=O)c1ccc(NC(=O)Cn2nc(-c3cccc(OC)c3)n(-n3cccc3)c2=S)cc1. The number of benzene rings is 2. The zero-order valence-electron chi connectivity index (χ0n) is 18.0. The predicted molar refractivity (Wildman–Crippen MR) is 125 cm³/mol. The van der Waals surface area contributed by atoms with Gasteiger partial charge < -0.3 is 14.8 Å². The van der Waals surface area contributed by atoms with E-state index in [2.05, 4.69) is 15.2 Å². The van der Waals surface area contributed by atoms with Crippen molar-refractivity contribution < 1.29 is 19.1 Å². The summed E-state index contributed by atoms with van der Waals surface area (Å²) in [6.45, 7) is -0.0944. The second-order valence-corrected chi connectivity index (χ2v) is 7.35. The molecule has 0 saturated heterocycles. The molecule has 0 aliphatic carbocycles. The molecule has 1 amide bonds. The van der Waals surface area contributed by atoms with E-state index < -0.39 is 5.97 Å². The molecule has 2 heterocycles. The van der Waals surface area contributed by atoms with Crippen molar-refractivity contribution >= 4 is 29.8 Å². The first-order valence-electron chi connectivity index (χ1n) is 9.96. The Morgan fingerprint density at radius 3 is 2.42 bits per heavy atom. The van der Waals surface area contributed by atoms with Crippen molar-refractivity contribution in [3.63, 3.8) is 0 Å². The molecule has 33 heavy (non-hydrogen) atoms. The van der Waals surface area contributed by atoms with Crippen LogP contribution in [-0.4, -0.2) is 45.2 Å². The number of hydrogen-bond donors (Lipinski definition) is 1. The van der Waals surface area contributed by atoms with Crippen LogP contribution < -0.4 is 10.1 Å². The zero-order valence-corrected chi connectivity index (χ0v) is 18.8. The van der Waals surface area contributed by atoms with E-state index in [0.29, 0.717) is 27.6 Å². The summed E-state index contributed by atoms with van der Waals surface area (Å²) in [6, 6.07) is 17.6. The van der Waals surface area contributed by atoms with Crippen LogP contribution >= 0.6 is 12.2 Å². The first kappa shape index (κ1) is 22.0. The number of hydrogen-bond acceptors (Lipinski definition) is 6. The lowest BCUT2D eigenvalue weighted by Crippen LogP contribution is -2.20. The van der Waals surface area contributed by atoms with Gasteiger partial charge in [0.25, 0.3) is 0 Å². The van der Waals surface area contributed by atoms with Crippen LogP contribution in [0.4, 0.5) is 5.69 Å². The van der Waals surface area contributed by atoms with Gasteiger partial charge in [-0.05, 0) is 60.7 Å². The van der Waals surface area contributed by atoms with Gasteiger partial charge in [-0.15, -0.1) is 5.10 Å². The van der Waals surface area contributed by atoms with Crippen LogP contribution in [0.3, 0.4) is 0 Å². The van der Waals surface area contributed by atoms with Gasteiger partial charge in [-0.25, -0.2) is 14.2 Å². The van der Waals surface area contributed by atoms with Crippen molar-refractivity contribution in [2.45, 2.75) is 6.54 Å². The van der Waals surface area contributed by atoms with E-state index in [1.165, 1.54) is 11.8 Å². The van der Waals surface area contributed by atoms with Gasteiger partial charge in [0, 0.05) is 23.6 Å². The number of carbonyl (C=O) groups excluding carboxylic acids is 2. The highest BCUT2D eigenvalue weighted by molar-refractivity contribution is 7.71. The maximum absolute atomic E-state index is 12.7. The van der Waals surface area contributed by atoms with E-state index in [1.54, 1.807) is 40.7 Å². The zero-order chi connectivity index (χ0) is 23.4. The normalized spacial score (nSPS) is 10.6. The van der Waals surface area contributed by atoms with Crippen molar-refractivity contribution in [2.24, 2.45) is 0 Å². The predicted octanol–water partition coefficient (Wildman–Crippen LogP) is 3.63. The van der Waals surface area contributed by atoms with Crippen molar-refractivity contribution in [2.75, 3.05) is 19.5 Å². The molecule has 2 aromatic heterocycles. The summed E-state index contributed by atoms with van der Waals surface area (Å²) in [7, 11) is 2.91. The monoisotopic (exact) mass is 463 g/mol. The molecule has 2 aromatic carbocycles. The molecule has 0 aliphatic heterocycles. The van der Waals surface area contributed by atoms with Crippen LogP contribution in [0.5, 0.6) is 5.75 Å². The second-order valence-electron chi connectivity index (χ2n) is 6.99. The Morgan fingerprint density at radius 2 is 1.76 bits per heavy atom. The minimum atomic E-state index is -0.445. The standard InChI is InChI=1S/C23H21N5O4S/c1-31-19-7-5-6-17(14-19)21-25-27(23(33)28(21)26-12-3-4-13-26)15-20(29)24-18-10-8-16(9-11-18)22(30)32-2/h3-14H,15H2,1-2H3,(H,24,29).